The maximum Gasteiger partial charge on any atom is 0.408 e. The van der Waals surface area contributed by atoms with Crippen molar-refractivity contribution in [2.45, 2.75) is 43.7 Å². The summed E-state index contributed by atoms with van der Waals surface area (Å²) in [5, 5.41) is 10.8. The van der Waals surface area contributed by atoms with Gasteiger partial charge in [-0.25, -0.2) is 33.1 Å². The lowest BCUT2D eigenvalue weighted by molar-refractivity contribution is -0.136. The number of rotatable bonds is 9. The first-order valence-corrected chi connectivity index (χ1v) is 14.5. The minimum atomic E-state index is -3.79. The van der Waals surface area contributed by atoms with E-state index in [0.717, 1.165) is 11.1 Å². The van der Waals surface area contributed by atoms with Crippen molar-refractivity contribution in [3.8, 4) is 17.0 Å². The van der Waals surface area contributed by atoms with Crippen molar-refractivity contribution in [2.24, 2.45) is 5.14 Å². The van der Waals surface area contributed by atoms with Gasteiger partial charge in [0.15, 0.2) is 0 Å². The number of aromatic nitrogens is 2. The molecule has 1 atom stereocenters. The second kappa shape index (κ2) is 12.8. The largest absolute Gasteiger partial charge is 0.444 e. The van der Waals surface area contributed by atoms with E-state index < -0.39 is 33.7 Å². The van der Waals surface area contributed by atoms with E-state index in [2.05, 4.69) is 20.6 Å². The van der Waals surface area contributed by atoms with E-state index in [9.17, 15) is 18.0 Å². The lowest BCUT2D eigenvalue weighted by Crippen LogP contribution is -2.46. The third kappa shape index (κ3) is 8.85. The standard InChI is InChI=1S/C30H31N5O6S/c1-30(2,3)41-29(37)35-26(27(36)40-23-7-5-4-6-8-23)19-20-9-11-21(12-10-20)25-17-18-32-28(34-25)33-22-13-15-24(16-14-22)42(31,38)39/h4-18,26H,19H2,1-3H3,(H,35,37)(H2,31,38,39)(H,32,33,34)/t26-/m0/s1. The summed E-state index contributed by atoms with van der Waals surface area (Å²) >= 11 is 0. The Hall–Kier alpha value is -4.81. The zero-order valence-electron chi connectivity index (χ0n) is 23.3. The number of primary sulfonamides is 1. The molecule has 0 aliphatic rings. The third-order valence-corrected chi connectivity index (χ3v) is 6.65. The number of nitrogens with two attached hydrogens (primary N) is 1. The molecule has 0 unspecified atom stereocenters. The van der Waals surface area contributed by atoms with Crippen molar-refractivity contribution < 1.29 is 27.5 Å². The van der Waals surface area contributed by atoms with Gasteiger partial charge in [0, 0.05) is 23.9 Å². The molecule has 12 heteroatoms. The SMILES string of the molecule is CC(C)(C)OC(=O)N[C@@H](Cc1ccc(-c2ccnc(Nc3ccc(S(N)(=O)=O)cc3)n2)cc1)C(=O)Oc1ccccc1. The molecule has 0 fully saturated rings. The average Bonchev–Trinajstić information content (AvgIpc) is 2.92. The van der Waals surface area contributed by atoms with Crippen molar-refractivity contribution in [3.63, 3.8) is 0 Å². The predicted octanol–water partition coefficient (Wildman–Crippen LogP) is 4.58. The molecule has 11 nitrogen and oxygen atoms in total. The van der Waals surface area contributed by atoms with Crippen LogP contribution in [0.1, 0.15) is 26.3 Å². The number of ether oxygens (including phenoxy) is 2. The van der Waals surface area contributed by atoms with Crippen LogP contribution in [-0.2, 0) is 26.0 Å². The Balaban J connectivity index is 1.47. The number of nitrogens with zero attached hydrogens (tertiary/aromatic N) is 2. The summed E-state index contributed by atoms with van der Waals surface area (Å²) in [4.78, 5) is 34.3. The molecule has 42 heavy (non-hydrogen) atoms. The molecule has 0 aliphatic heterocycles. The predicted molar refractivity (Wildman–Crippen MR) is 158 cm³/mol. The summed E-state index contributed by atoms with van der Waals surface area (Å²) in [6.45, 7) is 5.21. The van der Waals surface area contributed by atoms with Gasteiger partial charge in [0.2, 0.25) is 16.0 Å². The zero-order valence-corrected chi connectivity index (χ0v) is 24.1. The van der Waals surface area contributed by atoms with Crippen LogP contribution in [0, 0.1) is 0 Å². The highest BCUT2D eigenvalue weighted by molar-refractivity contribution is 7.89. The van der Waals surface area contributed by atoms with E-state index in [4.69, 9.17) is 14.6 Å². The number of alkyl carbamates (subject to hydrolysis) is 1. The van der Waals surface area contributed by atoms with Gasteiger partial charge in [-0.3, -0.25) is 0 Å². The van der Waals surface area contributed by atoms with Crippen molar-refractivity contribution in [1.82, 2.24) is 15.3 Å². The van der Waals surface area contributed by atoms with Crippen LogP contribution in [0.2, 0.25) is 0 Å². The molecule has 218 valence electrons. The third-order valence-electron chi connectivity index (χ3n) is 5.72. The van der Waals surface area contributed by atoms with E-state index in [1.165, 1.54) is 12.1 Å². The number of hydrogen-bond donors (Lipinski definition) is 3. The van der Waals surface area contributed by atoms with Crippen LogP contribution in [0.5, 0.6) is 5.75 Å². The van der Waals surface area contributed by atoms with Gasteiger partial charge in [-0.2, -0.15) is 0 Å². The summed E-state index contributed by atoms with van der Waals surface area (Å²) in [6, 6.07) is 22.6. The molecule has 1 aromatic heterocycles. The fourth-order valence-corrected chi connectivity index (χ4v) is 4.32. The molecule has 0 saturated carbocycles. The average molecular weight is 590 g/mol. The summed E-state index contributed by atoms with van der Waals surface area (Å²) in [6.07, 6.45) is 1.03. The number of esters is 1. The molecule has 0 aliphatic carbocycles. The number of nitrogens with one attached hydrogen (secondary N) is 2. The minimum Gasteiger partial charge on any atom is -0.444 e. The Morgan fingerprint density at radius 3 is 2.21 bits per heavy atom. The molecule has 0 bridgehead atoms. The van der Waals surface area contributed by atoms with Gasteiger partial charge < -0.3 is 20.1 Å². The van der Waals surface area contributed by atoms with Gasteiger partial charge in [-0.05, 0) is 68.8 Å². The van der Waals surface area contributed by atoms with Crippen molar-refractivity contribution in [1.29, 1.82) is 0 Å². The molecule has 0 radical (unpaired) electrons. The topological polar surface area (TPSA) is 163 Å². The van der Waals surface area contributed by atoms with Gasteiger partial charge in [0.05, 0.1) is 10.6 Å². The minimum absolute atomic E-state index is 0.000305. The molecule has 4 rings (SSSR count). The summed E-state index contributed by atoms with van der Waals surface area (Å²) in [5.41, 5.74) is 2.04. The Kier molecular flexibility index (Phi) is 9.18. The number of benzene rings is 3. The Labute approximate surface area is 244 Å². The highest BCUT2D eigenvalue weighted by atomic mass is 32.2. The van der Waals surface area contributed by atoms with Gasteiger partial charge in [0.25, 0.3) is 0 Å². The van der Waals surface area contributed by atoms with Gasteiger partial charge in [0.1, 0.15) is 17.4 Å². The fourth-order valence-electron chi connectivity index (χ4n) is 3.80. The first kappa shape index (κ1) is 30.2. The van der Waals surface area contributed by atoms with E-state index in [0.29, 0.717) is 23.1 Å². The van der Waals surface area contributed by atoms with Crippen molar-refractivity contribution in [2.75, 3.05) is 5.32 Å². The molecule has 0 saturated heterocycles. The van der Waals surface area contributed by atoms with Crippen LogP contribution in [0.25, 0.3) is 11.3 Å². The number of carbonyl (C=O) groups excluding carboxylic acids is 2. The van der Waals surface area contributed by atoms with Crippen LogP contribution in [0.4, 0.5) is 16.4 Å². The summed E-state index contributed by atoms with van der Waals surface area (Å²) in [5.74, 6) is 0.0485. The van der Waals surface area contributed by atoms with Crippen LogP contribution in [0.15, 0.2) is 96.0 Å². The maximum atomic E-state index is 13.0. The number of sulfonamides is 1. The van der Waals surface area contributed by atoms with Crippen LogP contribution < -0.4 is 20.5 Å². The molecular formula is C30H31N5O6S. The number of para-hydroxylation sites is 1. The quantitative estimate of drug-likeness (QED) is 0.187. The van der Waals surface area contributed by atoms with Crippen molar-refractivity contribution in [3.05, 3.63) is 96.7 Å². The smallest absolute Gasteiger partial charge is 0.408 e. The number of hydrogen-bond acceptors (Lipinski definition) is 9. The lowest BCUT2D eigenvalue weighted by Gasteiger charge is -2.23. The maximum absolute atomic E-state index is 13.0. The molecule has 3 aromatic carbocycles. The zero-order chi connectivity index (χ0) is 30.3. The number of anilines is 2. The Morgan fingerprint density at radius 2 is 1.60 bits per heavy atom. The molecule has 0 spiro atoms. The molecule has 4 N–H and O–H groups in total. The van der Waals surface area contributed by atoms with Gasteiger partial charge in [-0.1, -0.05) is 42.5 Å². The van der Waals surface area contributed by atoms with Crippen LogP contribution in [-0.4, -0.2) is 42.1 Å². The highest BCUT2D eigenvalue weighted by Gasteiger charge is 2.26. The second-order valence-corrected chi connectivity index (χ2v) is 11.9. The van der Waals surface area contributed by atoms with E-state index in [1.54, 1.807) is 75.5 Å². The Morgan fingerprint density at radius 1 is 0.929 bits per heavy atom. The second-order valence-electron chi connectivity index (χ2n) is 10.3. The molecule has 1 amide bonds. The normalized spacial score (nSPS) is 12.2. The molecule has 1 heterocycles. The first-order valence-electron chi connectivity index (χ1n) is 12.9. The number of amides is 1. The first-order chi connectivity index (χ1) is 19.9. The van der Waals surface area contributed by atoms with Crippen LogP contribution >= 0.6 is 0 Å². The van der Waals surface area contributed by atoms with Gasteiger partial charge >= 0.3 is 12.1 Å². The van der Waals surface area contributed by atoms with E-state index in [-0.39, 0.29) is 11.3 Å². The summed E-state index contributed by atoms with van der Waals surface area (Å²) in [7, 11) is -3.79. The highest BCUT2D eigenvalue weighted by Crippen LogP contribution is 2.22. The Bertz CT molecular complexity index is 1640. The monoisotopic (exact) mass is 589 g/mol. The molecular weight excluding hydrogens is 558 g/mol. The summed E-state index contributed by atoms with van der Waals surface area (Å²) < 4.78 is 33.8. The molecule has 4 aromatic rings. The van der Waals surface area contributed by atoms with Gasteiger partial charge in [-0.15, -0.1) is 0 Å². The number of carbonyl (C=O) groups is 2. The van der Waals surface area contributed by atoms with Crippen LogP contribution in [0.3, 0.4) is 0 Å². The lowest BCUT2D eigenvalue weighted by atomic mass is 10.0. The van der Waals surface area contributed by atoms with E-state index in [1.807, 2.05) is 24.3 Å². The fraction of sp³-hybridized carbons (Fsp3) is 0.200. The van der Waals surface area contributed by atoms with E-state index >= 15 is 0 Å². The van der Waals surface area contributed by atoms with Crippen molar-refractivity contribution >= 4 is 33.7 Å².